The van der Waals surface area contributed by atoms with Gasteiger partial charge in [-0.2, -0.15) is 10.1 Å². The number of nitrogens with zero attached hydrogens (tertiary/aromatic N) is 4. The van der Waals surface area contributed by atoms with Crippen molar-refractivity contribution in [3.8, 4) is 11.4 Å². The summed E-state index contributed by atoms with van der Waals surface area (Å²) in [6.45, 7) is 2.08. The van der Waals surface area contributed by atoms with Crippen LogP contribution in [-0.4, -0.2) is 56.7 Å². The molecule has 5 rings (SSSR count). The second kappa shape index (κ2) is 8.02. The van der Waals surface area contributed by atoms with Crippen molar-refractivity contribution in [2.45, 2.75) is 12.8 Å². The fourth-order valence-electron chi connectivity index (χ4n) is 3.42. The highest BCUT2D eigenvalue weighted by molar-refractivity contribution is 5.94. The summed E-state index contributed by atoms with van der Waals surface area (Å²) in [6.07, 6.45) is 3.43. The van der Waals surface area contributed by atoms with Gasteiger partial charge in [-0.25, -0.2) is 0 Å². The Labute approximate surface area is 177 Å². The number of benzene rings is 2. The van der Waals surface area contributed by atoms with E-state index >= 15 is 0 Å². The van der Waals surface area contributed by atoms with Crippen LogP contribution in [0.3, 0.4) is 0 Å². The van der Waals surface area contributed by atoms with Crippen LogP contribution in [0.5, 0.6) is 0 Å². The molecule has 0 unspecified atom stereocenters. The Morgan fingerprint density at radius 1 is 1.13 bits per heavy atom. The summed E-state index contributed by atoms with van der Waals surface area (Å²) < 4.78 is 5.12. The summed E-state index contributed by atoms with van der Waals surface area (Å²) in [6, 6.07) is 13.1. The normalized spacial score (nSPS) is 13.2. The minimum absolute atomic E-state index is 0.0741. The smallest absolute Gasteiger partial charge is 0.316 e. The van der Waals surface area contributed by atoms with Crippen LogP contribution in [0.1, 0.15) is 33.0 Å². The maximum absolute atomic E-state index is 12.3. The van der Waals surface area contributed by atoms with Gasteiger partial charge in [0, 0.05) is 36.1 Å². The molecular formula is C22H20N6O3. The van der Waals surface area contributed by atoms with E-state index in [-0.39, 0.29) is 11.8 Å². The highest BCUT2D eigenvalue weighted by atomic mass is 16.5. The van der Waals surface area contributed by atoms with Gasteiger partial charge in [-0.1, -0.05) is 29.4 Å². The van der Waals surface area contributed by atoms with Crippen LogP contribution in [0.25, 0.3) is 22.3 Å². The van der Waals surface area contributed by atoms with Crippen LogP contribution >= 0.6 is 0 Å². The first-order chi connectivity index (χ1) is 15.2. The second-order valence-corrected chi connectivity index (χ2v) is 7.44. The van der Waals surface area contributed by atoms with Crippen LogP contribution < -0.4 is 5.32 Å². The number of aromatic amines is 1. The van der Waals surface area contributed by atoms with Crippen LogP contribution in [0.4, 0.5) is 0 Å². The molecule has 1 aliphatic heterocycles. The van der Waals surface area contributed by atoms with E-state index in [1.165, 1.54) is 0 Å². The molecule has 31 heavy (non-hydrogen) atoms. The van der Waals surface area contributed by atoms with Gasteiger partial charge in [0.15, 0.2) is 0 Å². The van der Waals surface area contributed by atoms with Gasteiger partial charge in [0.25, 0.3) is 5.91 Å². The zero-order valence-electron chi connectivity index (χ0n) is 16.7. The van der Waals surface area contributed by atoms with Crippen LogP contribution in [0.15, 0.2) is 53.2 Å². The molecule has 9 nitrogen and oxygen atoms in total. The van der Waals surface area contributed by atoms with Crippen molar-refractivity contribution in [1.82, 2.24) is 30.6 Å². The Balaban J connectivity index is 1.16. The van der Waals surface area contributed by atoms with E-state index in [0.29, 0.717) is 24.4 Å². The Kier molecular flexibility index (Phi) is 4.91. The summed E-state index contributed by atoms with van der Waals surface area (Å²) in [5.41, 5.74) is 3.30. The van der Waals surface area contributed by atoms with Gasteiger partial charge in [-0.3, -0.25) is 14.7 Å². The van der Waals surface area contributed by atoms with Crippen LogP contribution in [-0.2, 0) is 6.42 Å². The molecular weight excluding hydrogens is 396 g/mol. The summed E-state index contributed by atoms with van der Waals surface area (Å²) in [5, 5.41) is 14.5. The molecule has 2 aromatic carbocycles. The van der Waals surface area contributed by atoms with Crippen molar-refractivity contribution < 1.29 is 14.1 Å². The Hall–Kier alpha value is -4.01. The van der Waals surface area contributed by atoms with Crippen molar-refractivity contribution in [2.24, 2.45) is 0 Å². The van der Waals surface area contributed by atoms with Crippen molar-refractivity contribution in [3.05, 3.63) is 65.7 Å². The van der Waals surface area contributed by atoms with Crippen molar-refractivity contribution in [1.29, 1.82) is 0 Å². The number of fused-ring (bicyclic) bond motifs is 1. The second-order valence-electron chi connectivity index (χ2n) is 7.44. The average molecular weight is 416 g/mol. The fraction of sp³-hybridized carbons (Fsp3) is 0.227. The summed E-state index contributed by atoms with van der Waals surface area (Å²) in [5.74, 6) is -0.102. The first-order valence-corrected chi connectivity index (χ1v) is 10.1. The lowest BCUT2D eigenvalue weighted by Gasteiger charge is -2.30. The molecule has 0 bridgehead atoms. The van der Waals surface area contributed by atoms with Crippen molar-refractivity contribution in [3.63, 3.8) is 0 Å². The van der Waals surface area contributed by atoms with E-state index < -0.39 is 5.91 Å². The highest BCUT2D eigenvalue weighted by Gasteiger charge is 2.21. The molecule has 1 saturated heterocycles. The van der Waals surface area contributed by atoms with Gasteiger partial charge in [-0.05, 0) is 36.6 Å². The number of H-pyrrole nitrogens is 1. The zero-order valence-corrected chi connectivity index (χ0v) is 16.7. The first kappa shape index (κ1) is 19.0. The molecule has 2 amide bonds. The number of likely N-dealkylation sites (tertiary alicyclic amines) is 1. The Morgan fingerprint density at radius 3 is 2.74 bits per heavy atom. The molecule has 0 saturated carbocycles. The van der Waals surface area contributed by atoms with Gasteiger partial charge in [0.2, 0.25) is 5.82 Å². The third kappa shape index (κ3) is 3.89. The molecule has 1 fully saturated rings. The first-order valence-electron chi connectivity index (χ1n) is 10.1. The van der Waals surface area contributed by atoms with Gasteiger partial charge in [0.1, 0.15) is 0 Å². The van der Waals surface area contributed by atoms with E-state index in [4.69, 9.17) is 4.52 Å². The molecule has 9 heteroatoms. The fourth-order valence-corrected chi connectivity index (χ4v) is 3.42. The van der Waals surface area contributed by atoms with Gasteiger partial charge >= 0.3 is 11.8 Å². The summed E-state index contributed by atoms with van der Waals surface area (Å²) in [7, 11) is 0. The van der Waals surface area contributed by atoms with E-state index in [1.807, 2.05) is 47.4 Å². The van der Waals surface area contributed by atoms with E-state index in [9.17, 15) is 9.59 Å². The monoisotopic (exact) mass is 416 g/mol. The Morgan fingerprint density at radius 2 is 1.97 bits per heavy atom. The maximum Gasteiger partial charge on any atom is 0.316 e. The van der Waals surface area contributed by atoms with E-state index in [1.54, 1.807) is 6.20 Å². The molecule has 0 spiro atoms. The molecule has 2 aromatic heterocycles. The SMILES string of the molecule is O=C(NCCc1ccc(C(=O)N2CCC2)cc1)c1nc(-c2ccc3cn[nH]c3c2)no1. The highest BCUT2D eigenvalue weighted by Crippen LogP contribution is 2.21. The largest absolute Gasteiger partial charge is 0.347 e. The number of rotatable bonds is 6. The molecule has 3 heterocycles. The summed E-state index contributed by atoms with van der Waals surface area (Å²) >= 11 is 0. The number of carbonyl (C=O) groups is 2. The molecule has 1 aliphatic rings. The minimum atomic E-state index is -0.425. The lowest BCUT2D eigenvalue weighted by molar-refractivity contribution is 0.0651. The molecule has 0 radical (unpaired) electrons. The third-order valence-corrected chi connectivity index (χ3v) is 5.36. The molecule has 4 aromatic rings. The van der Waals surface area contributed by atoms with Crippen molar-refractivity contribution in [2.75, 3.05) is 19.6 Å². The summed E-state index contributed by atoms with van der Waals surface area (Å²) in [4.78, 5) is 30.6. The number of amides is 2. The van der Waals surface area contributed by atoms with Gasteiger partial charge < -0.3 is 14.7 Å². The number of carbonyl (C=O) groups excluding carboxylic acids is 2. The number of nitrogens with one attached hydrogen (secondary N) is 2. The lowest BCUT2D eigenvalue weighted by Crippen LogP contribution is -2.41. The zero-order chi connectivity index (χ0) is 21.2. The van der Waals surface area contributed by atoms with Crippen molar-refractivity contribution >= 4 is 22.7 Å². The average Bonchev–Trinajstić information content (AvgIpc) is 3.42. The number of aromatic nitrogens is 4. The molecule has 0 atom stereocenters. The van der Waals surface area contributed by atoms with E-state index in [0.717, 1.165) is 41.5 Å². The predicted molar refractivity (Wildman–Crippen MR) is 112 cm³/mol. The van der Waals surface area contributed by atoms with Crippen LogP contribution in [0, 0.1) is 0 Å². The Bertz CT molecular complexity index is 1240. The third-order valence-electron chi connectivity index (χ3n) is 5.36. The van der Waals surface area contributed by atoms with E-state index in [2.05, 4.69) is 25.7 Å². The molecule has 2 N–H and O–H groups in total. The predicted octanol–water partition coefficient (Wildman–Crippen LogP) is 2.43. The lowest BCUT2D eigenvalue weighted by atomic mass is 10.1. The van der Waals surface area contributed by atoms with Gasteiger partial charge in [0.05, 0.1) is 11.7 Å². The number of hydrogen-bond acceptors (Lipinski definition) is 6. The van der Waals surface area contributed by atoms with Gasteiger partial charge in [-0.15, -0.1) is 0 Å². The molecule has 156 valence electrons. The van der Waals surface area contributed by atoms with Crippen LogP contribution in [0.2, 0.25) is 0 Å². The minimum Gasteiger partial charge on any atom is -0.347 e. The topological polar surface area (TPSA) is 117 Å². The quantitative estimate of drug-likeness (QED) is 0.499. The standard InChI is InChI=1S/C22H20N6O3/c29-20(21-25-19(27-31-21)16-6-7-17-13-24-26-18(17)12-16)23-9-8-14-2-4-15(5-3-14)22(30)28-10-1-11-28/h2-7,12-13H,1,8-11H2,(H,23,29)(H,24,26). The molecule has 0 aliphatic carbocycles. The number of hydrogen-bond donors (Lipinski definition) is 2. The maximum atomic E-state index is 12.3.